The van der Waals surface area contributed by atoms with Gasteiger partial charge in [-0.3, -0.25) is 4.79 Å². The van der Waals surface area contributed by atoms with Gasteiger partial charge >= 0.3 is 5.97 Å². The molecule has 0 fully saturated rings. The summed E-state index contributed by atoms with van der Waals surface area (Å²) in [5, 5.41) is 10.1. The Hall–Kier alpha value is -0.870. The number of hydrogen-bond donors (Lipinski definition) is 1. The average molecular weight is 273 g/mol. The molecule has 0 aliphatic heterocycles. The van der Waals surface area contributed by atoms with Crippen LogP contribution in [0.3, 0.4) is 0 Å². The summed E-state index contributed by atoms with van der Waals surface area (Å²) >= 11 is 3.30. The van der Waals surface area contributed by atoms with Gasteiger partial charge in [-0.25, -0.2) is 0 Å². The summed E-state index contributed by atoms with van der Waals surface area (Å²) in [6.07, 6.45) is -0.0505. The van der Waals surface area contributed by atoms with Gasteiger partial charge < -0.3 is 9.84 Å². The molecule has 0 aliphatic carbocycles. The van der Waals surface area contributed by atoms with E-state index < -0.39 is 11.6 Å². The zero-order chi connectivity index (χ0) is 11.5. The van der Waals surface area contributed by atoms with E-state index in [1.165, 1.54) is 7.11 Å². The molecular formula is C11H13BrO3. The molecule has 1 aromatic rings. The van der Waals surface area contributed by atoms with Gasteiger partial charge in [-0.1, -0.05) is 28.1 Å². The Bertz CT molecular complexity index is 343. The minimum atomic E-state index is -1.19. The normalized spacial score (nSPS) is 14.4. The monoisotopic (exact) mass is 272 g/mol. The maximum Gasteiger partial charge on any atom is 0.308 e. The third kappa shape index (κ3) is 3.32. The van der Waals surface area contributed by atoms with Crippen LogP contribution in [-0.4, -0.2) is 18.2 Å². The van der Waals surface area contributed by atoms with Gasteiger partial charge in [0.05, 0.1) is 19.1 Å². The van der Waals surface area contributed by atoms with Crippen LogP contribution < -0.4 is 0 Å². The summed E-state index contributed by atoms with van der Waals surface area (Å²) in [7, 11) is 1.31. The van der Waals surface area contributed by atoms with Crippen molar-refractivity contribution in [2.75, 3.05) is 7.11 Å². The molecule has 0 aliphatic rings. The lowest BCUT2D eigenvalue weighted by atomic mass is 9.93. The molecule has 3 nitrogen and oxygen atoms in total. The zero-order valence-corrected chi connectivity index (χ0v) is 10.2. The van der Waals surface area contributed by atoms with Crippen LogP contribution in [0.15, 0.2) is 28.7 Å². The van der Waals surface area contributed by atoms with Crippen molar-refractivity contribution in [1.29, 1.82) is 0 Å². The number of hydrogen-bond acceptors (Lipinski definition) is 3. The van der Waals surface area contributed by atoms with Crippen LogP contribution in [0.5, 0.6) is 0 Å². The highest BCUT2D eigenvalue weighted by Gasteiger charge is 2.26. The molecule has 4 heteroatoms. The summed E-state index contributed by atoms with van der Waals surface area (Å²) in [6, 6.07) is 7.18. The van der Waals surface area contributed by atoms with E-state index in [-0.39, 0.29) is 6.42 Å². The SMILES string of the molecule is COC(=O)CC(C)(O)c1ccc(Br)cc1. The first-order valence-electron chi connectivity index (χ1n) is 4.51. The molecule has 82 valence electrons. The highest BCUT2D eigenvalue weighted by Crippen LogP contribution is 2.26. The van der Waals surface area contributed by atoms with Crippen LogP contribution in [0, 0.1) is 0 Å². The van der Waals surface area contributed by atoms with Crippen LogP contribution in [0.1, 0.15) is 18.9 Å². The molecule has 1 rings (SSSR count). The predicted octanol–water partition coefficient (Wildman–Crippen LogP) is 2.22. The summed E-state index contributed by atoms with van der Waals surface area (Å²) in [4.78, 5) is 11.1. The van der Waals surface area contributed by atoms with Gasteiger partial charge in [0.15, 0.2) is 0 Å². The van der Waals surface area contributed by atoms with Crippen LogP contribution in [0.4, 0.5) is 0 Å². The number of methoxy groups -OCH3 is 1. The lowest BCUT2D eigenvalue weighted by Gasteiger charge is -2.22. The molecule has 1 atom stereocenters. The van der Waals surface area contributed by atoms with Gasteiger partial charge in [0.1, 0.15) is 0 Å². The van der Waals surface area contributed by atoms with E-state index in [0.717, 1.165) is 4.47 Å². The van der Waals surface area contributed by atoms with Crippen molar-refractivity contribution in [2.24, 2.45) is 0 Å². The van der Waals surface area contributed by atoms with Crippen molar-refractivity contribution in [3.63, 3.8) is 0 Å². The summed E-state index contributed by atoms with van der Waals surface area (Å²) < 4.78 is 5.45. The topological polar surface area (TPSA) is 46.5 Å². The minimum Gasteiger partial charge on any atom is -0.469 e. The van der Waals surface area contributed by atoms with Gasteiger partial charge in [0.25, 0.3) is 0 Å². The van der Waals surface area contributed by atoms with Crippen LogP contribution in [-0.2, 0) is 15.1 Å². The summed E-state index contributed by atoms with van der Waals surface area (Å²) in [5.41, 5.74) is -0.496. The van der Waals surface area contributed by atoms with Crippen molar-refractivity contribution in [3.05, 3.63) is 34.3 Å². The van der Waals surface area contributed by atoms with E-state index >= 15 is 0 Å². The van der Waals surface area contributed by atoms with E-state index in [0.29, 0.717) is 5.56 Å². The molecule has 0 aromatic heterocycles. The molecule has 0 radical (unpaired) electrons. The van der Waals surface area contributed by atoms with Crippen molar-refractivity contribution in [1.82, 2.24) is 0 Å². The predicted molar refractivity (Wildman–Crippen MR) is 60.3 cm³/mol. The first-order chi connectivity index (χ1) is 6.95. The molecule has 0 saturated heterocycles. The number of carbonyl (C=O) groups is 1. The lowest BCUT2D eigenvalue weighted by Crippen LogP contribution is -2.25. The molecular weight excluding hydrogens is 260 g/mol. The molecule has 0 heterocycles. The second-order valence-corrected chi connectivity index (χ2v) is 4.45. The third-order valence-electron chi connectivity index (χ3n) is 2.18. The van der Waals surface area contributed by atoms with E-state index in [9.17, 15) is 9.90 Å². The van der Waals surface area contributed by atoms with Gasteiger partial charge in [-0.05, 0) is 24.6 Å². The van der Waals surface area contributed by atoms with Crippen molar-refractivity contribution in [3.8, 4) is 0 Å². The standard InChI is InChI=1S/C11H13BrO3/c1-11(14,7-10(13)15-2)8-3-5-9(12)6-4-8/h3-6,14H,7H2,1-2H3. The zero-order valence-electron chi connectivity index (χ0n) is 8.66. The van der Waals surface area contributed by atoms with Crippen LogP contribution >= 0.6 is 15.9 Å². The highest BCUT2D eigenvalue weighted by atomic mass is 79.9. The maximum absolute atomic E-state index is 11.1. The number of ether oxygens (including phenoxy) is 1. The Kier molecular flexibility index (Phi) is 3.88. The van der Waals surface area contributed by atoms with E-state index in [4.69, 9.17) is 0 Å². The number of benzene rings is 1. The van der Waals surface area contributed by atoms with Crippen molar-refractivity contribution < 1.29 is 14.6 Å². The fraction of sp³-hybridized carbons (Fsp3) is 0.364. The molecule has 0 bridgehead atoms. The number of halogens is 1. The summed E-state index contributed by atoms with van der Waals surface area (Å²) in [5.74, 6) is -0.428. The molecule has 0 spiro atoms. The fourth-order valence-corrected chi connectivity index (χ4v) is 1.53. The Balaban J connectivity index is 2.85. The maximum atomic E-state index is 11.1. The van der Waals surface area contributed by atoms with Crippen LogP contribution in [0.2, 0.25) is 0 Å². The fourth-order valence-electron chi connectivity index (χ4n) is 1.26. The first-order valence-corrected chi connectivity index (χ1v) is 5.30. The Morgan fingerprint density at radius 1 is 1.47 bits per heavy atom. The van der Waals surface area contributed by atoms with E-state index in [2.05, 4.69) is 20.7 Å². The number of carbonyl (C=O) groups excluding carboxylic acids is 1. The third-order valence-corrected chi connectivity index (χ3v) is 2.71. The Morgan fingerprint density at radius 3 is 2.47 bits per heavy atom. The molecule has 0 saturated carbocycles. The van der Waals surface area contributed by atoms with Gasteiger partial charge in [-0.2, -0.15) is 0 Å². The van der Waals surface area contributed by atoms with Crippen LogP contribution in [0.25, 0.3) is 0 Å². The number of esters is 1. The quantitative estimate of drug-likeness (QED) is 0.859. The molecule has 1 N–H and O–H groups in total. The van der Waals surface area contributed by atoms with Gasteiger partial charge in [-0.15, -0.1) is 0 Å². The highest BCUT2D eigenvalue weighted by molar-refractivity contribution is 9.10. The summed E-state index contributed by atoms with van der Waals surface area (Å²) in [6.45, 7) is 1.59. The van der Waals surface area contributed by atoms with Gasteiger partial charge in [0, 0.05) is 4.47 Å². The second kappa shape index (κ2) is 4.77. The van der Waals surface area contributed by atoms with Crippen molar-refractivity contribution >= 4 is 21.9 Å². The van der Waals surface area contributed by atoms with Gasteiger partial charge in [0.2, 0.25) is 0 Å². The number of aliphatic hydroxyl groups is 1. The van der Waals surface area contributed by atoms with E-state index in [1.807, 2.05) is 12.1 Å². The molecule has 1 aromatic carbocycles. The van der Waals surface area contributed by atoms with Crippen molar-refractivity contribution in [2.45, 2.75) is 18.9 Å². The smallest absolute Gasteiger partial charge is 0.308 e. The second-order valence-electron chi connectivity index (χ2n) is 3.53. The molecule has 1 unspecified atom stereocenters. The average Bonchev–Trinajstić information content (AvgIpc) is 2.17. The Labute approximate surface area is 97.2 Å². The lowest BCUT2D eigenvalue weighted by molar-refractivity contribution is -0.145. The molecule has 15 heavy (non-hydrogen) atoms. The Morgan fingerprint density at radius 2 is 2.00 bits per heavy atom. The minimum absolute atomic E-state index is 0.0505. The number of rotatable bonds is 3. The molecule has 0 amide bonds. The first kappa shape index (κ1) is 12.2. The van der Waals surface area contributed by atoms with E-state index in [1.54, 1.807) is 19.1 Å². The largest absolute Gasteiger partial charge is 0.469 e.